The molecule has 1 aromatic carbocycles. The van der Waals surface area contributed by atoms with Gasteiger partial charge in [-0.2, -0.15) is 13.2 Å². The molecule has 2 aromatic heterocycles. The fourth-order valence-corrected chi connectivity index (χ4v) is 3.37. The molecule has 2 heterocycles. The minimum absolute atomic E-state index is 0.0332. The van der Waals surface area contributed by atoms with Crippen LogP contribution in [0.1, 0.15) is 48.4 Å². The molecule has 0 saturated heterocycles. The van der Waals surface area contributed by atoms with E-state index >= 15 is 0 Å². The number of nitrogens with zero attached hydrogens (tertiary/aromatic N) is 3. The van der Waals surface area contributed by atoms with Crippen LogP contribution in [0, 0.1) is 18.7 Å². The Morgan fingerprint density at radius 2 is 1.96 bits per heavy atom. The number of ether oxygens (including phenoxy) is 1. The first-order chi connectivity index (χ1) is 13.2. The van der Waals surface area contributed by atoms with Crippen LogP contribution in [0.5, 0.6) is 5.75 Å². The minimum Gasteiger partial charge on any atom is -0.486 e. The van der Waals surface area contributed by atoms with Gasteiger partial charge in [0.1, 0.15) is 29.1 Å². The van der Waals surface area contributed by atoms with Crippen LogP contribution in [-0.4, -0.2) is 14.6 Å². The molecule has 0 radical (unpaired) electrons. The average molecular weight is 393 g/mol. The van der Waals surface area contributed by atoms with E-state index < -0.39 is 23.7 Å². The van der Waals surface area contributed by atoms with Crippen molar-refractivity contribution in [1.29, 1.82) is 0 Å². The molecule has 0 bridgehead atoms. The Morgan fingerprint density at radius 3 is 2.61 bits per heavy atom. The van der Waals surface area contributed by atoms with Crippen molar-refractivity contribution in [3.05, 3.63) is 58.8 Å². The summed E-state index contributed by atoms with van der Waals surface area (Å²) < 4.78 is 62.1. The van der Waals surface area contributed by atoms with Crippen molar-refractivity contribution in [1.82, 2.24) is 14.6 Å². The number of aryl methyl sites for hydroxylation is 1. The molecule has 1 fully saturated rings. The first-order valence-electron chi connectivity index (χ1n) is 9.10. The van der Waals surface area contributed by atoms with E-state index in [0.717, 1.165) is 12.8 Å². The van der Waals surface area contributed by atoms with Gasteiger partial charge in [-0.1, -0.05) is 0 Å². The first-order valence-corrected chi connectivity index (χ1v) is 9.10. The van der Waals surface area contributed by atoms with E-state index in [9.17, 15) is 17.6 Å². The van der Waals surface area contributed by atoms with E-state index in [-0.39, 0.29) is 11.2 Å². The zero-order chi connectivity index (χ0) is 20.1. The highest BCUT2D eigenvalue weighted by Gasteiger charge is 2.39. The van der Waals surface area contributed by atoms with Crippen LogP contribution in [-0.2, 0) is 12.6 Å². The molecule has 8 heteroatoms. The van der Waals surface area contributed by atoms with E-state index in [1.807, 2.05) is 0 Å². The zero-order valence-electron chi connectivity index (χ0n) is 15.4. The lowest BCUT2D eigenvalue weighted by molar-refractivity contribution is -0.138. The molecule has 0 unspecified atom stereocenters. The summed E-state index contributed by atoms with van der Waals surface area (Å²) in [7, 11) is 0. The Labute approximate surface area is 159 Å². The number of benzene rings is 1. The van der Waals surface area contributed by atoms with Crippen molar-refractivity contribution in [2.45, 2.75) is 45.4 Å². The Hall–Kier alpha value is -2.64. The van der Waals surface area contributed by atoms with Crippen molar-refractivity contribution >= 4 is 5.65 Å². The van der Waals surface area contributed by atoms with Gasteiger partial charge in [-0.3, -0.25) is 4.40 Å². The Morgan fingerprint density at radius 1 is 1.21 bits per heavy atom. The molecule has 0 amide bonds. The molecule has 0 spiro atoms. The quantitative estimate of drug-likeness (QED) is 0.553. The van der Waals surface area contributed by atoms with Gasteiger partial charge in [-0.05, 0) is 62.4 Å². The SMILES string of the molecule is Cc1cc(F)ccc1O[C@@H](C)c1ccn2c(CC3CC3)nnc2c1C(F)(F)F. The molecule has 1 aliphatic carbocycles. The van der Waals surface area contributed by atoms with Crippen LogP contribution in [0.3, 0.4) is 0 Å². The van der Waals surface area contributed by atoms with Gasteiger partial charge in [-0.25, -0.2) is 4.39 Å². The summed E-state index contributed by atoms with van der Waals surface area (Å²) in [5.74, 6) is 0.918. The maximum absolute atomic E-state index is 13.9. The maximum atomic E-state index is 13.9. The van der Waals surface area contributed by atoms with Crippen LogP contribution in [0.25, 0.3) is 5.65 Å². The highest BCUT2D eigenvalue weighted by Crippen LogP contribution is 2.39. The molecule has 1 atom stereocenters. The lowest BCUT2D eigenvalue weighted by Gasteiger charge is -2.21. The second-order valence-electron chi connectivity index (χ2n) is 7.27. The number of rotatable bonds is 5. The topological polar surface area (TPSA) is 39.4 Å². The normalized spacial score (nSPS) is 15.8. The van der Waals surface area contributed by atoms with Crippen molar-refractivity contribution < 1.29 is 22.3 Å². The summed E-state index contributed by atoms with van der Waals surface area (Å²) in [4.78, 5) is 0. The monoisotopic (exact) mass is 393 g/mol. The predicted octanol–water partition coefficient (Wildman–Crippen LogP) is 5.29. The third-order valence-corrected chi connectivity index (χ3v) is 5.01. The molecule has 3 aromatic rings. The summed E-state index contributed by atoms with van der Waals surface area (Å²) in [5.41, 5.74) is -0.589. The van der Waals surface area contributed by atoms with Crippen molar-refractivity contribution in [3.8, 4) is 5.75 Å². The van der Waals surface area contributed by atoms with Gasteiger partial charge in [0.05, 0.1) is 0 Å². The van der Waals surface area contributed by atoms with Gasteiger partial charge in [0, 0.05) is 18.2 Å². The molecule has 1 aliphatic rings. The number of alkyl halides is 3. The maximum Gasteiger partial charge on any atom is 0.420 e. The molecule has 4 rings (SSSR count). The number of aromatic nitrogens is 3. The summed E-state index contributed by atoms with van der Waals surface area (Å²) in [5, 5.41) is 7.82. The third-order valence-electron chi connectivity index (χ3n) is 5.01. The lowest BCUT2D eigenvalue weighted by Crippen LogP contribution is -2.16. The molecule has 0 aliphatic heterocycles. The van der Waals surface area contributed by atoms with Gasteiger partial charge < -0.3 is 4.74 Å². The van der Waals surface area contributed by atoms with Crippen LogP contribution < -0.4 is 4.74 Å². The highest BCUT2D eigenvalue weighted by molar-refractivity contribution is 5.54. The standard InChI is InChI=1S/C20H19F4N3O/c1-11-9-14(21)5-6-16(11)28-12(2)15-7-8-27-17(10-13-3-4-13)25-26-19(27)18(15)20(22,23)24/h5-9,12-13H,3-4,10H2,1-2H3/t12-/m0/s1. The van der Waals surface area contributed by atoms with Gasteiger partial charge in [0.2, 0.25) is 0 Å². The molecule has 148 valence electrons. The minimum atomic E-state index is -4.61. The van der Waals surface area contributed by atoms with Gasteiger partial charge in [0.25, 0.3) is 0 Å². The van der Waals surface area contributed by atoms with E-state index in [1.54, 1.807) is 13.1 Å². The summed E-state index contributed by atoms with van der Waals surface area (Å²) >= 11 is 0. The Kier molecular flexibility index (Phi) is 4.51. The number of halogens is 4. The van der Waals surface area contributed by atoms with Crippen LogP contribution in [0.4, 0.5) is 17.6 Å². The summed E-state index contributed by atoms with van der Waals surface area (Å²) in [6.07, 6.45) is -1.19. The van der Waals surface area contributed by atoms with Crippen molar-refractivity contribution in [3.63, 3.8) is 0 Å². The summed E-state index contributed by atoms with van der Waals surface area (Å²) in [6.45, 7) is 3.17. The second kappa shape index (κ2) is 6.76. The first kappa shape index (κ1) is 18.7. The smallest absolute Gasteiger partial charge is 0.420 e. The molecule has 28 heavy (non-hydrogen) atoms. The number of hydrogen-bond donors (Lipinski definition) is 0. The fraction of sp³-hybridized carbons (Fsp3) is 0.400. The van der Waals surface area contributed by atoms with Crippen molar-refractivity contribution in [2.75, 3.05) is 0 Å². The average Bonchev–Trinajstić information content (AvgIpc) is 3.34. The Bertz CT molecular complexity index is 1020. The molecule has 0 N–H and O–H groups in total. The van der Waals surface area contributed by atoms with Crippen LogP contribution >= 0.6 is 0 Å². The largest absolute Gasteiger partial charge is 0.486 e. The number of pyridine rings is 1. The zero-order valence-corrected chi connectivity index (χ0v) is 15.4. The predicted molar refractivity (Wildman–Crippen MR) is 94.6 cm³/mol. The molecular formula is C20H19F4N3O. The van der Waals surface area contributed by atoms with E-state index in [4.69, 9.17) is 4.74 Å². The number of hydrogen-bond acceptors (Lipinski definition) is 3. The molecule has 1 saturated carbocycles. The van der Waals surface area contributed by atoms with Gasteiger partial charge >= 0.3 is 6.18 Å². The fourth-order valence-electron chi connectivity index (χ4n) is 3.37. The van der Waals surface area contributed by atoms with Crippen LogP contribution in [0.15, 0.2) is 30.5 Å². The van der Waals surface area contributed by atoms with E-state index in [0.29, 0.717) is 29.5 Å². The molecule has 4 nitrogen and oxygen atoms in total. The van der Waals surface area contributed by atoms with Crippen molar-refractivity contribution in [2.24, 2.45) is 5.92 Å². The van der Waals surface area contributed by atoms with E-state index in [1.165, 1.54) is 35.6 Å². The Balaban J connectivity index is 1.74. The van der Waals surface area contributed by atoms with Gasteiger partial charge in [0.15, 0.2) is 5.65 Å². The third kappa shape index (κ3) is 3.55. The molecular weight excluding hydrogens is 374 g/mol. The van der Waals surface area contributed by atoms with Crippen LogP contribution in [0.2, 0.25) is 0 Å². The lowest BCUT2D eigenvalue weighted by atomic mass is 10.0. The highest BCUT2D eigenvalue weighted by atomic mass is 19.4. The second-order valence-corrected chi connectivity index (χ2v) is 7.27. The van der Waals surface area contributed by atoms with Gasteiger partial charge in [-0.15, -0.1) is 10.2 Å². The number of fused-ring (bicyclic) bond motifs is 1. The summed E-state index contributed by atoms with van der Waals surface area (Å²) in [6, 6.07) is 5.31. The van der Waals surface area contributed by atoms with E-state index in [2.05, 4.69) is 10.2 Å².